The van der Waals surface area contributed by atoms with Gasteiger partial charge in [-0.1, -0.05) is 29.8 Å². The molecular formula is C20H13ClN2O4S2. The Morgan fingerprint density at radius 1 is 1.24 bits per heavy atom. The van der Waals surface area contributed by atoms with Gasteiger partial charge in [0.2, 0.25) is 0 Å². The molecule has 2 N–H and O–H groups in total. The first kappa shape index (κ1) is 19.4. The van der Waals surface area contributed by atoms with E-state index in [1.165, 1.54) is 11.3 Å². The van der Waals surface area contributed by atoms with Crippen LogP contribution >= 0.6 is 34.3 Å². The molecule has 0 bridgehead atoms. The minimum Gasteiger partial charge on any atom is -0.482 e. The zero-order chi connectivity index (χ0) is 20.4. The number of ether oxygens (including phenoxy) is 1. The van der Waals surface area contributed by atoms with Crippen molar-refractivity contribution in [3.05, 3.63) is 68.9 Å². The fourth-order valence-corrected chi connectivity index (χ4v) is 4.67. The van der Waals surface area contributed by atoms with Gasteiger partial charge in [-0.2, -0.15) is 0 Å². The summed E-state index contributed by atoms with van der Waals surface area (Å²) in [5.74, 6) is -0.318. The van der Waals surface area contributed by atoms with E-state index in [9.17, 15) is 9.59 Å². The fourth-order valence-electron chi connectivity index (χ4n) is 2.70. The molecule has 4 aromatic rings. The Kier molecular flexibility index (Phi) is 5.48. The smallest absolute Gasteiger partial charge is 0.341 e. The van der Waals surface area contributed by atoms with E-state index >= 15 is 0 Å². The second-order valence-electron chi connectivity index (χ2n) is 5.97. The molecule has 0 amide bonds. The second kappa shape index (κ2) is 8.20. The van der Waals surface area contributed by atoms with Crippen LogP contribution in [0.2, 0.25) is 0 Å². The number of carboxylic acids is 1. The van der Waals surface area contributed by atoms with Crippen molar-refractivity contribution in [2.45, 2.75) is 0 Å². The van der Waals surface area contributed by atoms with Gasteiger partial charge in [-0.25, -0.2) is 9.78 Å². The number of halogens is 1. The Morgan fingerprint density at radius 2 is 2.03 bits per heavy atom. The SMILES string of the molecule is O=C(O)COc1ccc(/C=C(\Cl)c2nc3scc(-c4cccs4)c3c(=O)[nH]2)cc1. The summed E-state index contributed by atoms with van der Waals surface area (Å²) >= 11 is 9.36. The van der Waals surface area contributed by atoms with Crippen molar-refractivity contribution < 1.29 is 14.6 Å². The van der Waals surface area contributed by atoms with Crippen molar-refractivity contribution in [1.82, 2.24) is 9.97 Å². The molecule has 6 nitrogen and oxygen atoms in total. The molecule has 0 aliphatic carbocycles. The van der Waals surface area contributed by atoms with Gasteiger partial charge in [0.15, 0.2) is 12.4 Å². The Labute approximate surface area is 177 Å². The maximum Gasteiger partial charge on any atom is 0.341 e. The van der Waals surface area contributed by atoms with E-state index in [1.807, 2.05) is 22.9 Å². The third kappa shape index (κ3) is 4.24. The van der Waals surface area contributed by atoms with Crippen LogP contribution < -0.4 is 10.3 Å². The highest BCUT2D eigenvalue weighted by molar-refractivity contribution is 7.18. The van der Waals surface area contributed by atoms with E-state index in [4.69, 9.17) is 21.4 Å². The van der Waals surface area contributed by atoms with Crippen LogP contribution in [0.1, 0.15) is 11.4 Å². The molecule has 1 aromatic carbocycles. The molecule has 0 saturated carbocycles. The van der Waals surface area contributed by atoms with Gasteiger partial charge in [-0.15, -0.1) is 22.7 Å². The van der Waals surface area contributed by atoms with E-state index in [2.05, 4.69) is 9.97 Å². The highest BCUT2D eigenvalue weighted by Gasteiger charge is 2.14. The normalized spacial score (nSPS) is 11.7. The molecule has 29 heavy (non-hydrogen) atoms. The summed E-state index contributed by atoms with van der Waals surface area (Å²) in [5, 5.41) is 13.4. The predicted octanol–water partition coefficient (Wildman–Crippen LogP) is 4.91. The van der Waals surface area contributed by atoms with Crippen LogP contribution in [0, 0.1) is 0 Å². The largest absolute Gasteiger partial charge is 0.482 e. The maximum absolute atomic E-state index is 12.7. The molecule has 0 aliphatic heterocycles. The Bertz CT molecular complexity index is 1260. The lowest BCUT2D eigenvalue weighted by atomic mass is 10.2. The van der Waals surface area contributed by atoms with Crippen LogP contribution in [0.5, 0.6) is 5.75 Å². The van der Waals surface area contributed by atoms with Crippen LogP contribution in [-0.4, -0.2) is 27.7 Å². The molecule has 3 aromatic heterocycles. The van der Waals surface area contributed by atoms with Gasteiger partial charge in [0.05, 0.1) is 10.4 Å². The third-order valence-electron chi connectivity index (χ3n) is 3.99. The minimum absolute atomic E-state index is 0.237. The minimum atomic E-state index is -1.04. The maximum atomic E-state index is 12.7. The van der Waals surface area contributed by atoms with E-state index in [0.29, 0.717) is 16.0 Å². The van der Waals surface area contributed by atoms with E-state index in [0.717, 1.165) is 16.0 Å². The average Bonchev–Trinajstić information content (AvgIpc) is 3.37. The molecule has 0 saturated heterocycles. The van der Waals surface area contributed by atoms with Crippen molar-refractivity contribution in [1.29, 1.82) is 0 Å². The Balaban J connectivity index is 1.62. The summed E-state index contributed by atoms with van der Waals surface area (Å²) in [5.41, 5.74) is 1.39. The lowest BCUT2D eigenvalue weighted by Gasteiger charge is -2.04. The fraction of sp³-hybridized carbons (Fsp3) is 0.0500. The van der Waals surface area contributed by atoms with Crippen molar-refractivity contribution in [2.75, 3.05) is 6.61 Å². The molecule has 9 heteroatoms. The van der Waals surface area contributed by atoms with Crippen LogP contribution in [0.25, 0.3) is 31.8 Å². The van der Waals surface area contributed by atoms with Gasteiger partial charge >= 0.3 is 5.97 Å². The molecular weight excluding hydrogens is 432 g/mol. The number of rotatable bonds is 6. The number of nitrogens with zero attached hydrogens (tertiary/aromatic N) is 1. The summed E-state index contributed by atoms with van der Waals surface area (Å²) in [6.45, 7) is -0.407. The number of aromatic nitrogens is 2. The van der Waals surface area contributed by atoms with Crippen molar-refractivity contribution >= 4 is 61.6 Å². The Hall–Kier alpha value is -2.94. The van der Waals surface area contributed by atoms with Gasteiger partial charge in [0, 0.05) is 15.8 Å². The number of nitrogens with one attached hydrogen (secondary N) is 1. The molecule has 0 fully saturated rings. The summed E-state index contributed by atoms with van der Waals surface area (Å²) in [7, 11) is 0. The number of carboxylic acid groups (broad SMARTS) is 1. The first-order valence-electron chi connectivity index (χ1n) is 8.39. The zero-order valence-corrected chi connectivity index (χ0v) is 17.1. The van der Waals surface area contributed by atoms with Gasteiger partial charge in [0.25, 0.3) is 5.56 Å². The van der Waals surface area contributed by atoms with Gasteiger partial charge in [-0.05, 0) is 35.2 Å². The number of hydrogen-bond acceptors (Lipinski definition) is 6. The molecule has 0 unspecified atom stereocenters. The molecule has 0 spiro atoms. The predicted molar refractivity (Wildman–Crippen MR) is 117 cm³/mol. The number of thiophene rings is 2. The number of hydrogen-bond donors (Lipinski definition) is 2. The monoisotopic (exact) mass is 444 g/mol. The zero-order valence-electron chi connectivity index (χ0n) is 14.7. The van der Waals surface area contributed by atoms with Gasteiger partial charge in [0.1, 0.15) is 10.6 Å². The van der Waals surface area contributed by atoms with Gasteiger partial charge < -0.3 is 14.8 Å². The molecule has 3 heterocycles. The van der Waals surface area contributed by atoms with Gasteiger partial charge in [-0.3, -0.25) is 4.79 Å². The molecule has 0 atom stereocenters. The summed E-state index contributed by atoms with van der Waals surface area (Å²) in [6.07, 6.45) is 1.67. The topological polar surface area (TPSA) is 92.3 Å². The summed E-state index contributed by atoms with van der Waals surface area (Å²) < 4.78 is 5.10. The molecule has 146 valence electrons. The number of H-pyrrole nitrogens is 1. The van der Waals surface area contributed by atoms with Crippen molar-refractivity contribution in [3.8, 4) is 16.2 Å². The number of aromatic amines is 1. The number of carbonyl (C=O) groups is 1. The van der Waals surface area contributed by atoms with Crippen LogP contribution in [0.3, 0.4) is 0 Å². The lowest BCUT2D eigenvalue weighted by Crippen LogP contribution is -2.10. The summed E-state index contributed by atoms with van der Waals surface area (Å²) in [6, 6.07) is 10.7. The molecule has 4 rings (SSSR count). The van der Waals surface area contributed by atoms with Crippen molar-refractivity contribution in [2.24, 2.45) is 0 Å². The molecule has 0 aliphatic rings. The first-order chi connectivity index (χ1) is 14.0. The molecule has 0 radical (unpaired) electrons. The van der Waals surface area contributed by atoms with Crippen molar-refractivity contribution in [3.63, 3.8) is 0 Å². The highest BCUT2D eigenvalue weighted by atomic mass is 35.5. The average molecular weight is 445 g/mol. The van der Waals surface area contributed by atoms with E-state index < -0.39 is 12.6 Å². The summed E-state index contributed by atoms with van der Waals surface area (Å²) in [4.78, 5) is 32.1. The first-order valence-corrected chi connectivity index (χ1v) is 10.5. The van der Waals surface area contributed by atoms with Crippen LogP contribution in [-0.2, 0) is 4.79 Å². The lowest BCUT2D eigenvalue weighted by molar-refractivity contribution is -0.139. The number of fused-ring (bicyclic) bond motifs is 1. The Morgan fingerprint density at radius 3 is 2.72 bits per heavy atom. The third-order valence-corrected chi connectivity index (χ3v) is 6.06. The van der Waals surface area contributed by atoms with E-state index in [-0.39, 0.29) is 16.4 Å². The van der Waals surface area contributed by atoms with Crippen LogP contribution in [0.4, 0.5) is 0 Å². The quantitative estimate of drug-likeness (QED) is 0.440. The number of aliphatic carboxylic acids is 1. The standard InChI is InChI=1S/C20H13ClN2O4S2/c21-14(8-11-3-5-12(6-4-11)27-9-16(24)25)18-22-19(26)17-13(10-29-20(17)23-18)15-2-1-7-28-15/h1-8,10H,9H2,(H,24,25)(H,22,23,26)/b14-8-. The van der Waals surface area contributed by atoms with E-state index in [1.54, 1.807) is 41.7 Å². The second-order valence-corrected chi connectivity index (χ2v) is 8.18. The highest BCUT2D eigenvalue weighted by Crippen LogP contribution is 2.34. The van der Waals surface area contributed by atoms with Crippen LogP contribution in [0.15, 0.2) is 52.0 Å². The number of benzene rings is 1.